The number of nitrogens with one attached hydrogen (secondary N) is 6. The van der Waals surface area contributed by atoms with Gasteiger partial charge in [-0.3, -0.25) is 39.4 Å². The Morgan fingerprint density at radius 3 is 1.72 bits per heavy atom. The molecule has 2 aliphatic heterocycles. The number of ketones is 2. The lowest BCUT2D eigenvalue weighted by atomic mass is 9.95. The van der Waals surface area contributed by atoms with Crippen molar-refractivity contribution in [2.45, 2.75) is 45.2 Å². The van der Waals surface area contributed by atoms with Gasteiger partial charge in [-0.2, -0.15) is 0 Å². The summed E-state index contributed by atoms with van der Waals surface area (Å²) in [5.74, 6) is -6.44. The number of Topliss-reactive ketones (excluding diaryl/α,β-unsaturated/α-hetero) is 2. The van der Waals surface area contributed by atoms with E-state index in [0.717, 1.165) is 16.7 Å². The molecule has 2 saturated heterocycles. The van der Waals surface area contributed by atoms with Crippen LogP contribution in [0, 0.1) is 0 Å². The monoisotopic (exact) mass is 630 g/mol. The van der Waals surface area contributed by atoms with Crippen molar-refractivity contribution in [1.82, 2.24) is 21.3 Å². The molecule has 6 N–H and O–H groups in total. The van der Waals surface area contributed by atoms with Gasteiger partial charge in [-0.05, 0) is 59.7 Å². The predicted octanol–water partition coefficient (Wildman–Crippen LogP) is 1.14. The third-order valence-corrected chi connectivity index (χ3v) is 7.30. The van der Waals surface area contributed by atoms with Crippen LogP contribution in [0.2, 0.25) is 10.0 Å². The lowest BCUT2D eigenvalue weighted by molar-refractivity contribution is -0.138. The van der Waals surface area contributed by atoms with Crippen LogP contribution in [0.1, 0.15) is 36.1 Å². The van der Waals surface area contributed by atoms with Crippen LogP contribution in [0.3, 0.4) is 0 Å². The number of amides is 8. The molecular formula is C27H24Cl2N6O8. The highest BCUT2D eigenvalue weighted by molar-refractivity contribution is 6.48. The lowest BCUT2D eigenvalue weighted by Crippen LogP contribution is -2.44. The third-order valence-electron chi connectivity index (χ3n) is 6.68. The van der Waals surface area contributed by atoms with Gasteiger partial charge in [0.1, 0.15) is 0 Å². The highest BCUT2D eigenvalue weighted by atomic mass is 35.5. The molecule has 0 saturated carbocycles. The van der Waals surface area contributed by atoms with Crippen LogP contribution >= 0.6 is 23.2 Å². The van der Waals surface area contributed by atoms with Gasteiger partial charge >= 0.3 is 12.1 Å². The van der Waals surface area contributed by atoms with Crippen molar-refractivity contribution in [3.8, 4) is 0 Å². The second-order valence-corrected chi connectivity index (χ2v) is 10.3. The first-order valence-corrected chi connectivity index (χ1v) is 13.6. The molecule has 0 spiro atoms. The van der Waals surface area contributed by atoms with E-state index in [4.69, 9.17) is 23.2 Å². The largest absolute Gasteiger partial charge is 0.322 e. The van der Waals surface area contributed by atoms with Crippen molar-refractivity contribution in [3.63, 3.8) is 0 Å². The third kappa shape index (κ3) is 6.65. The molecule has 2 aromatic carbocycles. The number of anilines is 2. The number of benzene rings is 2. The zero-order valence-electron chi connectivity index (χ0n) is 22.6. The van der Waals surface area contributed by atoms with Crippen LogP contribution in [0.4, 0.5) is 21.0 Å². The van der Waals surface area contributed by atoms with E-state index in [1.807, 2.05) is 24.5 Å². The van der Waals surface area contributed by atoms with Crippen molar-refractivity contribution < 1.29 is 38.4 Å². The molecule has 16 heteroatoms. The summed E-state index contributed by atoms with van der Waals surface area (Å²) < 4.78 is 0. The molecule has 0 aliphatic carbocycles. The molecule has 4 rings (SSSR count). The summed E-state index contributed by atoms with van der Waals surface area (Å²) in [4.78, 5) is 95.9. The van der Waals surface area contributed by atoms with Gasteiger partial charge in [-0.25, -0.2) is 9.59 Å². The molecular weight excluding hydrogens is 607 g/mol. The summed E-state index contributed by atoms with van der Waals surface area (Å²) in [5, 5.41) is 13.0. The first kappa shape index (κ1) is 31.1. The van der Waals surface area contributed by atoms with Gasteiger partial charge in [0.15, 0.2) is 12.1 Å². The van der Waals surface area contributed by atoms with Crippen LogP contribution in [0.5, 0.6) is 0 Å². The summed E-state index contributed by atoms with van der Waals surface area (Å²) in [6, 6.07) is 1.54. The highest BCUT2D eigenvalue weighted by Gasteiger charge is 2.40. The Labute approximate surface area is 253 Å². The Balaban J connectivity index is 1.51. The minimum atomic E-state index is -1.64. The number of rotatable bonds is 10. The maximum absolute atomic E-state index is 12.6. The summed E-state index contributed by atoms with van der Waals surface area (Å²) in [7, 11) is 0. The normalized spacial score (nSPS) is 17.5. The molecule has 224 valence electrons. The van der Waals surface area contributed by atoms with Gasteiger partial charge < -0.3 is 21.3 Å². The lowest BCUT2D eigenvalue weighted by Gasteiger charge is -2.17. The van der Waals surface area contributed by atoms with E-state index < -0.39 is 59.3 Å². The summed E-state index contributed by atoms with van der Waals surface area (Å²) in [5.41, 5.74) is 3.18. The van der Waals surface area contributed by atoms with E-state index in [-0.39, 0.29) is 21.4 Å². The Bertz CT molecular complexity index is 1620. The van der Waals surface area contributed by atoms with Crippen molar-refractivity contribution in [1.29, 1.82) is 0 Å². The Hall–Kier alpha value is -4.82. The first-order chi connectivity index (χ1) is 20.3. The Morgan fingerprint density at radius 2 is 1.23 bits per heavy atom. The van der Waals surface area contributed by atoms with Crippen molar-refractivity contribution in [2.75, 3.05) is 10.6 Å². The molecule has 2 heterocycles. The fourth-order valence-corrected chi connectivity index (χ4v) is 5.08. The molecule has 0 aromatic heterocycles. The fraction of sp³-hybridized carbons (Fsp3) is 0.259. The van der Waals surface area contributed by atoms with Gasteiger partial charge in [-0.15, -0.1) is 0 Å². The van der Waals surface area contributed by atoms with Crippen LogP contribution in [-0.4, -0.2) is 59.3 Å². The maximum atomic E-state index is 12.6. The fourth-order valence-electron chi connectivity index (χ4n) is 4.54. The number of carbonyl (C=O) groups is 8. The molecule has 8 amide bonds. The summed E-state index contributed by atoms with van der Waals surface area (Å²) >= 11 is 12.9. The number of aryl methyl sites for hydroxylation is 2. The first-order valence-electron chi connectivity index (χ1n) is 12.9. The van der Waals surface area contributed by atoms with E-state index in [1.54, 1.807) is 24.3 Å². The zero-order chi connectivity index (χ0) is 31.6. The molecule has 2 aromatic rings. The predicted molar refractivity (Wildman–Crippen MR) is 153 cm³/mol. The molecule has 0 bridgehead atoms. The van der Waals surface area contributed by atoms with Crippen LogP contribution in [0.25, 0.3) is 0 Å². The van der Waals surface area contributed by atoms with Crippen LogP contribution < -0.4 is 31.9 Å². The minimum absolute atomic E-state index is 0.112. The zero-order valence-corrected chi connectivity index (χ0v) is 24.1. The number of imide groups is 2. The molecule has 0 radical (unpaired) electrons. The molecule has 2 fully saturated rings. The minimum Gasteiger partial charge on any atom is -0.319 e. The summed E-state index contributed by atoms with van der Waals surface area (Å²) in [6.07, 6.45) is 1.26. The SMILES string of the molecule is CCc1cc(NC(=O)C(=O)[C@@H]2NC(=O)NC2=O)c(Cl)cc1Cc1cc(Cl)c(NC(=O)C(=O)[C@@H]2NC(=O)NC2=O)c(CC)c1. The van der Waals surface area contributed by atoms with Crippen LogP contribution in [0.15, 0.2) is 24.3 Å². The molecule has 14 nitrogen and oxygen atoms in total. The number of hydrogen-bond donors (Lipinski definition) is 6. The van der Waals surface area contributed by atoms with E-state index in [1.165, 1.54) is 0 Å². The molecule has 2 atom stereocenters. The molecule has 2 aliphatic rings. The maximum Gasteiger partial charge on any atom is 0.322 e. The van der Waals surface area contributed by atoms with Crippen molar-refractivity contribution >= 4 is 81.8 Å². The average molecular weight is 631 g/mol. The molecule has 0 unspecified atom stereocenters. The second kappa shape index (κ2) is 12.6. The topological polar surface area (TPSA) is 209 Å². The van der Waals surface area contributed by atoms with Crippen molar-refractivity contribution in [2.24, 2.45) is 0 Å². The van der Waals surface area contributed by atoms with Crippen LogP contribution in [-0.2, 0) is 48.0 Å². The Morgan fingerprint density at radius 1 is 0.698 bits per heavy atom. The van der Waals surface area contributed by atoms with Gasteiger partial charge in [0.05, 0.1) is 21.4 Å². The van der Waals surface area contributed by atoms with Gasteiger partial charge in [-0.1, -0.05) is 43.1 Å². The number of hydrogen-bond acceptors (Lipinski definition) is 8. The van der Waals surface area contributed by atoms with Gasteiger partial charge in [0.25, 0.3) is 35.2 Å². The number of halogens is 2. The Kier molecular flexibility index (Phi) is 9.11. The highest BCUT2D eigenvalue weighted by Crippen LogP contribution is 2.32. The second-order valence-electron chi connectivity index (χ2n) is 9.52. The van der Waals surface area contributed by atoms with E-state index in [0.29, 0.717) is 24.8 Å². The van der Waals surface area contributed by atoms with Crippen molar-refractivity contribution in [3.05, 3.63) is 56.6 Å². The van der Waals surface area contributed by atoms with Gasteiger partial charge in [0, 0.05) is 0 Å². The number of carbonyl (C=O) groups excluding carboxylic acids is 8. The summed E-state index contributed by atoms with van der Waals surface area (Å²) in [6.45, 7) is 3.68. The van der Waals surface area contributed by atoms with E-state index in [2.05, 4.69) is 21.3 Å². The average Bonchev–Trinajstić information content (AvgIpc) is 3.48. The molecule has 43 heavy (non-hydrogen) atoms. The van der Waals surface area contributed by atoms with E-state index >= 15 is 0 Å². The quantitative estimate of drug-likeness (QED) is 0.127. The van der Waals surface area contributed by atoms with E-state index in [9.17, 15) is 38.4 Å². The standard InChI is InChI=1S/C27H24Cl2N6O8/c1-3-11-9-16(30-24(40)20(36)18-22(38)34-26(42)32-18)14(28)8-13(11)6-10-5-12(4-2)17(15(29)7-10)31-25(41)21(37)19-23(39)35-27(43)33-19/h5,7-9,18-19H,3-4,6H2,1-2H3,(H,30,40)(H,31,41)(H2,32,34,38,42)(H2,33,35,39,43)/t18-,19-/m0/s1. The number of urea groups is 2. The van der Waals surface area contributed by atoms with Gasteiger partial charge in [0.2, 0.25) is 0 Å². The smallest absolute Gasteiger partial charge is 0.319 e.